The van der Waals surface area contributed by atoms with Gasteiger partial charge in [-0.25, -0.2) is 9.40 Å². The maximum absolute atomic E-state index is 14.4. The second-order valence-electron chi connectivity index (χ2n) is 8.05. The fraction of sp³-hybridized carbons (Fsp3) is 0.348. The van der Waals surface area contributed by atoms with E-state index in [9.17, 15) is 18.8 Å². The molecule has 1 saturated carbocycles. The lowest BCUT2D eigenvalue weighted by atomic mass is 9.76. The number of halogens is 2. The molecule has 2 fully saturated rings. The number of imide groups is 1. The van der Waals surface area contributed by atoms with Gasteiger partial charge in [0, 0.05) is 5.56 Å². The van der Waals surface area contributed by atoms with Gasteiger partial charge in [-0.3, -0.25) is 14.4 Å². The summed E-state index contributed by atoms with van der Waals surface area (Å²) in [5.41, 5.74) is 0.362. The van der Waals surface area contributed by atoms with Crippen molar-refractivity contribution in [1.29, 1.82) is 0 Å². The van der Waals surface area contributed by atoms with E-state index in [0.717, 1.165) is 16.4 Å². The normalized spacial score (nSPS) is 23.4. The molecule has 7 heteroatoms. The summed E-state index contributed by atoms with van der Waals surface area (Å²) in [5, 5.41) is 2.19. The Bertz CT molecular complexity index is 1010. The molecule has 0 spiro atoms. The highest BCUT2D eigenvalue weighted by atomic mass is 35.5. The average Bonchev–Trinajstić information content (AvgIpc) is 2.97. The molecule has 3 amide bonds. The van der Waals surface area contributed by atoms with Crippen molar-refractivity contribution in [2.45, 2.75) is 32.7 Å². The van der Waals surface area contributed by atoms with E-state index in [-0.39, 0.29) is 22.7 Å². The van der Waals surface area contributed by atoms with Crippen molar-refractivity contribution in [3.63, 3.8) is 0 Å². The quantitative estimate of drug-likeness (QED) is 0.675. The third-order valence-electron chi connectivity index (χ3n) is 6.02. The Morgan fingerprint density at radius 3 is 2.47 bits per heavy atom. The standard InChI is InChI=1S/C23H22ClFN2O3/c1-14-10-11-16-18(12-14)23(30)27(22(16)29)26(13-15-6-2-5-9-20(15)25)21(28)17-7-3-4-8-19(17)24/h2-9,14,16,18H,10-13H2,1H3/t14-,16-,18-/m1/s1. The van der Waals surface area contributed by atoms with E-state index in [1.54, 1.807) is 30.3 Å². The number of amides is 3. The lowest BCUT2D eigenvalue weighted by Crippen LogP contribution is -2.50. The summed E-state index contributed by atoms with van der Waals surface area (Å²) in [6, 6.07) is 12.4. The summed E-state index contributed by atoms with van der Waals surface area (Å²) in [5.74, 6) is -2.46. The summed E-state index contributed by atoms with van der Waals surface area (Å²) in [7, 11) is 0. The van der Waals surface area contributed by atoms with Crippen molar-refractivity contribution in [3.05, 3.63) is 70.5 Å². The van der Waals surface area contributed by atoms with E-state index in [0.29, 0.717) is 18.8 Å². The third kappa shape index (κ3) is 3.60. The molecule has 2 aliphatic rings. The highest BCUT2D eigenvalue weighted by Gasteiger charge is 2.52. The Balaban J connectivity index is 1.74. The van der Waals surface area contributed by atoms with Gasteiger partial charge in [-0.1, -0.05) is 48.9 Å². The number of rotatable bonds is 4. The molecular formula is C23H22ClFN2O3. The Hall–Kier alpha value is -2.73. The van der Waals surface area contributed by atoms with E-state index in [2.05, 4.69) is 6.92 Å². The zero-order chi connectivity index (χ0) is 21.4. The van der Waals surface area contributed by atoms with E-state index < -0.39 is 35.4 Å². The molecule has 1 saturated heterocycles. The highest BCUT2D eigenvalue weighted by molar-refractivity contribution is 6.33. The first-order chi connectivity index (χ1) is 14.4. The lowest BCUT2D eigenvalue weighted by molar-refractivity contribution is -0.155. The highest BCUT2D eigenvalue weighted by Crippen LogP contribution is 2.41. The van der Waals surface area contributed by atoms with Crippen LogP contribution < -0.4 is 0 Å². The Kier molecular flexibility index (Phi) is 5.60. The molecule has 5 nitrogen and oxygen atoms in total. The molecule has 2 aromatic rings. The lowest BCUT2D eigenvalue weighted by Gasteiger charge is -2.31. The van der Waals surface area contributed by atoms with Gasteiger partial charge in [-0.2, -0.15) is 5.01 Å². The summed E-state index contributed by atoms with van der Waals surface area (Å²) in [4.78, 5) is 39.8. The Labute approximate surface area is 179 Å². The maximum Gasteiger partial charge on any atom is 0.274 e. The predicted octanol–water partition coefficient (Wildman–Crippen LogP) is 4.46. The number of hydrazine groups is 1. The van der Waals surface area contributed by atoms with Gasteiger partial charge >= 0.3 is 0 Å². The number of fused-ring (bicyclic) bond motifs is 1. The van der Waals surface area contributed by atoms with Gasteiger partial charge in [0.25, 0.3) is 17.7 Å². The SMILES string of the molecule is C[C@@H]1CC[C@H]2C(=O)N(N(Cc3ccccc3F)C(=O)c3ccccc3Cl)C(=O)[C@@H]2C1. The van der Waals surface area contributed by atoms with Crippen LogP contribution in [0.4, 0.5) is 4.39 Å². The topological polar surface area (TPSA) is 57.7 Å². The summed E-state index contributed by atoms with van der Waals surface area (Å²) in [6.07, 6.45) is 2.08. The van der Waals surface area contributed by atoms with Crippen molar-refractivity contribution < 1.29 is 18.8 Å². The van der Waals surface area contributed by atoms with Gasteiger partial charge in [0.2, 0.25) is 0 Å². The van der Waals surface area contributed by atoms with Gasteiger partial charge in [-0.05, 0) is 43.4 Å². The molecule has 0 unspecified atom stereocenters. The molecule has 0 bridgehead atoms. The van der Waals surface area contributed by atoms with Crippen LogP contribution in [0.2, 0.25) is 5.02 Å². The number of nitrogens with zero attached hydrogens (tertiary/aromatic N) is 2. The van der Waals surface area contributed by atoms with Crippen molar-refractivity contribution in [2.24, 2.45) is 17.8 Å². The summed E-state index contributed by atoms with van der Waals surface area (Å²) >= 11 is 6.21. The van der Waals surface area contributed by atoms with Crippen molar-refractivity contribution >= 4 is 29.3 Å². The van der Waals surface area contributed by atoms with Gasteiger partial charge in [0.05, 0.1) is 29.0 Å². The minimum atomic E-state index is -0.614. The Morgan fingerprint density at radius 1 is 1.07 bits per heavy atom. The van der Waals surface area contributed by atoms with Crippen molar-refractivity contribution in [3.8, 4) is 0 Å². The fourth-order valence-corrected chi connectivity index (χ4v) is 4.62. The zero-order valence-corrected chi connectivity index (χ0v) is 17.3. The van der Waals surface area contributed by atoms with Gasteiger partial charge in [-0.15, -0.1) is 0 Å². The second kappa shape index (κ2) is 8.19. The van der Waals surface area contributed by atoms with Gasteiger partial charge in [0.1, 0.15) is 5.82 Å². The predicted molar refractivity (Wildman–Crippen MR) is 110 cm³/mol. The number of carbonyl (C=O) groups excluding carboxylic acids is 3. The summed E-state index contributed by atoms with van der Waals surface area (Å²) in [6.45, 7) is 1.81. The fourth-order valence-electron chi connectivity index (χ4n) is 4.41. The van der Waals surface area contributed by atoms with Crippen LogP contribution in [0.5, 0.6) is 0 Å². The van der Waals surface area contributed by atoms with Crippen LogP contribution >= 0.6 is 11.6 Å². The van der Waals surface area contributed by atoms with E-state index >= 15 is 0 Å². The molecule has 3 atom stereocenters. The average molecular weight is 429 g/mol. The van der Waals surface area contributed by atoms with Crippen LogP contribution in [0.1, 0.15) is 42.1 Å². The number of hydrogen-bond acceptors (Lipinski definition) is 3. The molecular weight excluding hydrogens is 407 g/mol. The number of benzene rings is 2. The largest absolute Gasteiger partial charge is 0.274 e. The molecule has 0 aromatic heterocycles. The minimum Gasteiger partial charge on any atom is -0.272 e. The maximum atomic E-state index is 14.4. The first kappa shape index (κ1) is 20.5. The molecule has 30 heavy (non-hydrogen) atoms. The molecule has 0 N–H and O–H groups in total. The van der Waals surface area contributed by atoms with Crippen LogP contribution in [0.3, 0.4) is 0 Å². The van der Waals surface area contributed by atoms with Gasteiger partial charge < -0.3 is 0 Å². The first-order valence-electron chi connectivity index (χ1n) is 10.1. The Morgan fingerprint density at radius 2 is 1.73 bits per heavy atom. The first-order valence-corrected chi connectivity index (χ1v) is 10.4. The monoisotopic (exact) mass is 428 g/mol. The molecule has 4 rings (SSSR count). The van der Waals surface area contributed by atoms with Crippen LogP contribution in [0.15, 0.2) is 48.5 Å². The number of carbonyl (C=O) groups is 3. The second-order valence-corrected chi connectivity index (χ2v) is 8.46. The smallest absolute Gasteiger partial charge is 0.272 e. The number of hydrogen-bond donors (Lipinski definition) is 0. The van der Waals surface area contributed by atoms with E-state index in [1.165, 1.54) is 18.2 Å². The minimum absolute atomic E-state index is 0.152. The molecule has 0 radical (unpaired) electrons. The molecule has 156 valence electrons. The van der Waals surface area contributed by atoms with Gasteiger partial charge in [0.15, 0.2) is 0 Å². The van der Waals surface area contributed by atoms with E-state index in [1.807, 2.05) is 0 Å². The van der Waals surface area contributed by atoms with Crippen LogP contribution in [-0.4, -0.2) is 27.7 Å². The van der Waals surface area contributed by atoms with Crippen LogP contribution in [-0.2, 0) is 16.1 Å². The molecule has 1 aliphatic heterocycles. The molecule has 1 aliphatic carbocycles. The van der Waals surface area contributed by atoms with Crippen molar-refractivity contribution in [2.75, 3.05) is 0 Å². The van der Waals surface area contributed by atoms with Crippen LogP contribution in [0, 0.1) is 23.6 Å². The zero-order valence-electron chi connectivity index (χ0n) is 16.6. The molecule has 1 heterocycles. The van der Waals surface area contributed by atoms with Crippen molar-refractivity contribution in [1.82, 2.24) is 10.0 Å². The summed E-state index contributed by atoms with van der Waals surface area (Å²) < 4.78 is 14.4. The third-order valence-corrected chi connectivity index (χ3v) is 6.35. The van der Waals surface area contributed by atoms with Crippen LogP contribution in [0.25, 0.3) is 0 Å². The van der Waals surface area contributed by atoms with E-state index in [4.69, 9.17) is 11.6 Å². The molecule has 2 aromatic carbocycles.